The lowest BCUT2D eigenvalue weighted by molar-refractivity contribution is -0.118. The Morgan fingerprint density at radius 3 is 2.68 bits per heavy atom. The van der Waals surface area contributed by atoms with Crippen LogP contribution in [-0.2, 0) is 29.0 Å². The SMILES string of the molecule is O=C(CSCC(=O)Nc1ccc(F)cc1)NCCc1nnc2n1CCCCC2. The van der Waals surface area contributed by atoms with Gasteiger partial charge in [0.2, 0.25) is 11.8 Å². The normalized spacial score (nSPS) is 13.5. The zero-order chi connectivity index (χ0) is 19.8. The fraction of sp³-hybridized carbons (Fsp3) is 0.474. The van der Waals surface area contributed by atoms with Crippen LogP contribution in [0.5, 0.6) is 0 Å². The lowest BCUT2D eigenvalue weighted by Gasteiger charge is -2.08. The summed E-state index contributed by atoms with van der Waals surface area (Å²) in [6.07, 6.45) is 5.12. The fourth-order valence-electron chi connectivity index (χ4n) is 3.06. The molecule has 0 saturated carbocycles. The van der Waals surface area contributed by atoms with Crippen LogP contribution in [0.25, 0.3) is 0 Å². The van der Waals surface area contributed by atoms with E-state index < -0.39 is 0 Å². The molecule has 0 unspecified atom stereocenters. The number of nitrogens with one attached hydrogen (secondary N) is 2. The maximum Gasteiger partial charge on any atom is 0.234 e. The van der Waals surface area contributed by atoms with E-state index >= 15 is 0 Å². The monoisotopic (exact) mass is 405 g/mol. The summed E-state index contributed by atoms with van der Waals surface area (Å²) in [6, 6.07) is 5.56. The largest absolute Gasteiger partial charge is 0.355 e. The van der Waals surface area contributed by atoms with E-state index in [2.05, 4.69) is 25.4 Å². The summed E-state index contributed by atoms with van der Waals surface area (Å²) in [5.41, 5.74) is 0.531. The average molecular weight is 405 g/mol. The molecule has 9 heteroatoms. The highest BCUT2D eigenvalue weighted by molar-refractivity contribution is 8.00. The van der Waals surface area contributed by atoms with Crippen molar-refractivity contribution in [1.29, 1.82) is 0 Å². The van der Waals surface area contributed by atoms with Crippen LogP contribution in [0.15, 0.2) is 24.3 Å². The minimum Gasteiger partial charge on any atom is -0.355 e. The van der Waals surface area contributed by atoms with Crippen molar-refractivity contribution in [2.24, 2.45) is 0 Å². The summed E-state index contributed by atoms with van der Waals surface area (Å²) < 4.78 is 15.0. The zero-order valence-electron chi connectivity index (χ0n) is 15.6. The Kier molecular flexibility index (Phi) is 7.41. The van der Waals surface area contributed by atoms with Crippen molar-refractivity contribution in [3.05, 3.63) is 41.7 Å². The van der Waals surface area contributed by atoms with Crippen molar-refractivity contribution in [3.8, 4) is 0 Å². The first-order valence-electron chi connectivity index (χ1n) is 9.42. The maximum absolute atomic E-state index is 12.8. The number of benzene rings is 1. The highest BCUT2D eigenvalue weighted by Gasteiger charge is 2.14. The van der Waals surface area contributed by atoms with E-state index in [1.807, 2.05) is 0 Å². The maximum atomic E-state index is 12.8. The highest BCUT2D eigenvalue weighted by atomic mass is 32.2. The molecule has 2 aromatic rings. The second-order valence-electron chi connectivity index (χ2n) is 6.64. The van der Waals surface area contributed by atoms with Crippen LogP contribution in [0.3, 0.4) is 0 Å². The number of amides is 2. The van der Waals surface area contributed by atoms with E-state index in [-0.39, 0.29) is 29.1 Å². The Labute approximate surface area is 167 Å². The Bertz CT molecular complexity index is 809. The summed E-state index contributed by atoms with van der Waals surface area (Å²) in [6.45, 7) is 1.45. The Morgan fingerprint density at radius 1 is 1.07 bits per heavy atom. The molecule has 7 nitrogen and oxygen atoms in total. The minimum atomic E-state index is -0.355. The summed E-state index contributed by atoms with van der Waals surface area (Å²) in [5.74, 6) is 1.62. The van der Waals surface area contributed by atoms with Crippen LogP contribution >= 0.6 is 11.8 Å². The van der Waals surface area contributed by atoms with Gasteiger partial charge in [0.05, 0.1) is 11.5 Å². The average Bonchev–Trinajstić information content (AvgIpc) is 2.90. The van der Waals surface area contributed by atoms with Crippen molar-refractivity contribution >= 4 is 29.3 Å². The number of hydrogen-bond donors (Lipinski definition) is 2. The lowest BCUT2D eigenvalue weighted by Crippen LogP contribution is -2.28. The molecule has 2 N–H and O–H groups in total. The molecule has 0 bridgehead atoms. The highest BCUT2D eigenvalue weighted by Crippen LogP contribution is 2.14. The molecule has 150 valence electrons. The first kappa shape index (κ1) is 20.3. The van der Waals surface area contributed by atoms with Crippen molar-refractivity contribution in [1.82, 2.24) is 20.1 Å². The van der Waals surface area contributed by atoms with Crippen molar-refractivity contribution in [2.75, 3.05) is 23.4 Å². The van der Waals surface area contributed by atoms with Gasteiger partial charge in [0.25, 0.3) is 0 Å². The molecule has 0 radical (unpaired) electrons. The molecule has 0 spiro atoms. The molecule has 1 aliphatic heterocycles. The third-order valence-electron chi connectivity index (χ3n) is 4.45. The number of aromatic nitrogens is 3. The van der Waals surface area contributed by atoms with Gasteiger partial charge in [-0.25, -0.2) is 4.39 Å². The van der Waals surface area contributed by atoms with Crippen molar-refractivity contribution in [3.63, 3.8) is 0 Å². The van der Waals surface area contributed by atoms with Gasteiger partial charge in [0.1, 0.15) is 17.5 Å². The van der Waals surface area contributed by atoms with E-state index in [4.69, 9.17) is 0 Å². The molecule has 3 rings (SSSR count). The van der Waals surface area contributed by atoms with E-state index in [0.717, 1.165) is 37.5 Å². The molecule has 0 aliphatic carbocycles. The van der Waals surface area contributed by atoms with Crippen LogP contribution in [-0.4, -0.2) is 44.6 Å². The first-order chi connectivity index (χ1) is 13.6. The summed E-state index contributed by atoms with van der Waals surface area (Å²) in [7, 11) is 0. The number of aryl methyl sites for hydroxylation is 1. The van der Waals surface area contributed by atoms with Crippen LogP contribution in [0.2, 0.25) is 0 Å². The Hall–Kier alpha value is -2.42. The van der Waals surface area contributed by atoms with Gasteiger partial charge in [-0.3, -0.25) is 9.59 Å². The number of carbonyl (C=O) groups is 2. The van der Waals surface area contributed by atoms with Crippen molar-refractivity contribution < 1.29 is 14.0 Å². The molecular weight excluding hydrogens is 381 g/mol. The summed E-state index contributed by atoms with van der Waals surface area (Å²) in [5, 5.41) is 14.0. The quantitative estimate of drug-likeness (QED) is 0.703. The third kappa shape index (κ3) is 6.05. The molecule has 1 aromatic heterocycles. The van der Waals surface area contributed by atoms with E-state index in [1.54, 1.807) is 0 Å². The number of hydrogen-bond acceptors (Lipinski definition) is 5. The van der Waals surface area contributed by atoms with Gasteiger partial charge in [0.15, 0.2) is 0 Å². The molecule has 28 heavy (non-hydrogen) atoms. The Balaban J connectivity index is 1.32. The standard InChI is InChI=1S/C19H24FN5O2S/c20-14-5-7-15(8-6-14)22-19(27)13-28-12-18(26)21-10-9-17-24-23-16-4-2-1-3-11-25(16)17/h5-8H,1-4,9-13H2,(H,21,26)(H,22,27). The topological polar surface area (TPSA) is 88.9 Å². The van der Waals surface area contributed by atoms with Crippen LogP contribution < -0.4 is 10.6 Å². The third-order valence-corrected chi connectivity index (χ3v) is 5.38. The summed E-state index contributed by atoms with van der Waals surface area (Å²) in [4.78, 5) is 23.8. The minimum absolute atomic E-state index is 0.116. The van der Waals surface area contributed by atoms with Crippen LogP contribution in [0.1, 0.15) is 30.9 Å². The van der Waals surface area contributed by atoms with Gasteiger partial charge in [-0.05, 0) is 37.1 Å². The van der Waals surface area contributed by atoms with Gasteiger partial charge in [-0.2, -0.15) is 0 Å². The molecule has 1 aliphatic rings. The fourth-order valence-corrected chi connectivity index (χ4v) is 3.71. The van der Waals surface area contributed by atoms with Crippen LogP contribution in [0.4, 0.5) is 10.1 Å². The second kappa shape index (κ2) is 10.2. The second-order valence-corrected chi connectivity index (χ2v) is 7.63. The van der Waals surface area contributed by atoms with Crippen molar-refractivity contribution in [2.45, 2.75) is 38.6 Å². The number of rotatable bonds is 8. The smallest absolute Gasteiger partial charge is 0.234 e. The van der Waals surface area contributed by atoms with Gasteiger partial charge < -0.3 is 15.2 Å². The van der Waals surface area contributed by atoms with Crippen LogP contribution in [0, 0.1) is 5.82 Å². The number of thioether (sulfide) groups is 1. The number of halogens is 1. The predicted molar refractivity (Wildman–Crippen MR) is 107 cm³/mol. The van der Waals surface area contributed by atoms with E-state index in [1.165, 1.54) is 42.4 Å². The molecule has 0 saturated heterocycles. The molecule has 2 heterocycles. The van der Waals surface area contributed by atoms with Gasteiger partial charge >= 0.3 is 0 Å². The lowest BCUT2D eigenvalue weighted by atomic mass is 10.2. The molecule has 0 fully saturated rings. The van der Waals surface area contributed by atoms with E-state index in [9.17, 15) is 14.0 Å². The number of carbonyl (C=O) groups excluding carboxylic acids is 2. The van der Waals surface area contributed by atoms with E-state index in [0.29, 0.717) is 18.7 Å². The molecule has 2 amide bonds. The molecule has 0 atom stereocenters. The van der Waals surface area contributed by atoms with Gasteiger partial charge in [-0.1, -0.05) is 6.42 Å². The molecule has 1 aromatic carbocycles. The number of nitrogens with zero attached hydrogens (tertiary/aromatic N) is 3. The first-order valence-corrected chi connectivity index (χ1v) is 10.6. The number of fused-ring (bicyclic) bond motifs is 1. The van der Waals surface area contributed by atoms with Gasteiger partial charge in [-0.15, -0.1) is 22.0 Å². The zero-order valence-corrected chi connectivity index (χ0v) is 16.4. The number of anilines is 1. The predicted octanol–water partition coefficient (Wildman–Crippen LogP) is 2.17. The summed E-state index contributed by atoms with van der Waals surface area (Å²) >= 11 is 1.23. The Morgan fingerprint density at radius 2 is 1.86 bits per heavy atom. The molecular formula is C19H24FN5O2S. The van der Waals surface area contributed by atoms with Gasteiger partial charge in [0, 0.05) is 31.6 Å².